The average Bonchev–Trinajstić information content (AvgIpc) is 2.98. The first-order valence-electron chi connectivity index (χ1n) is 6.89. The van der Waals surface area contributed by atoms with Crippen molar-refractivity contribution in [1.29, 1.82) is 0 Å². The smallest absolute Gasteiger partial charge is 0.294 e. The molecule has 0 aliphatic heterocycles. The molecule has 3 aromatic rings. The van der Waals surface area contributed by atoms with Crippen molar-refractivity contribution in [2.75, 3.05) is 5.32 Å². The number of aryl methyl sites for hydroxylation is 1. The van der Waals surface area contributed by atoms with Gasteiger partial charge in [0.05, 0.1) is 10.7 Å². The minimum Gasteiger partial charge on any atom is -0.351 e. The summed E-state index contributed by atoms with van der Waals surface area (Å²) in [5.74, 6) is -0.130. The van der Waals surface area contributed by atoms with Gasteiger partial charge in [-0.2, -0.15) is 0 Å². The van der Waals surface area contributed by atoms with E-state index in [1.165, 1.54) is 0 Å². The third-order valence-corrected chi connectivity index (χ3v) is 4.55. The predicted octanol–water partition coefficient (Wildman–Crippen LogP) is 5.04. The van der Waals surface area contributed by atoms with Gasteiger partial charge in [0, 0.05) is 21.5 Å². The lowest BCUT2D eigenvalue weighted by Gasteiger charge is -2.06. The van der Waals surface area contributed by atoms with Crippen LogP contribution in [-0.4, -0.2) is 11.1 Å². The molecule has 0 saturated heterocycles. The molecule has 3 rings (SSSR count). The molecule has 0 unspecified atom stereocenters. The highest BCUT2D eigenvalue weighted by Gasteiger charge is 2.11. The van der Waals surface area contributed by atoms with Gasteiger partial charge in [0.25, 0.3) is 5.91 Å². The molecule has 0 saturated carbocycles. The van der Waals surface area contributed by atoms with E-state index in [9.17, 15) is 4.79 Å². The first-order valence-corrected chi connectivity index (χ1v) is 8.08. The van der Waals surface area contributed by atoms with Crippen LogP contribution in [-0.2, 0) is 0 Å². The highest BCUT2D eigenvalue weighted by atomic mass is 35.5. The number of nitrogens with one attached hydrogen (secondary N) is 1. The molecule has 0 radical (unpaired) electrons. The van der Waals surface area contributed by atoms with Crippen molar-refractivity contribution in [3.05, 3.63) is 71.1 Å². The minimum atomic E-state index is -0.322. The molecule has 0 fully saturated rings. The van der Waals surface area contributed by atoms with Crippen LogP contribution in [0.15, 0.2) is 68.9 Å². The van der Waals surface area contributed by atoms with E-state index in [0.29, 0.717) is 11.4 Å². The molecule has 0 aliphatic rings. The van der Waals surface area contributed by atoms with E-state index in [0.717, 1.165) is 14.8 Å². The van der Waals surface area contributed by atoms with E-state index in [1.54, 1.807) is 24.8 Å². The van der Waals surface area contributed by atoms with Crippen LogP contribution in [0, 0.1) is 6.92 Å². The summed E-state index contributed by atoms with van der Waals surface area (Å²) in [6.07, 6.45) is 0. The summed E-state index contributed by atoms with van der Waals surface area (Å²) in [6.45, 7) is 1.76. The average molecular weight is 345 g/mol. The fourth-order valence-electron chi connectivity index (χ4n) is 1.92. The molecule has 1 N–H and O–H groups in total. The number of carbonyl (C=O) groups excluding carboxylic acids is 1. The zero-order valence-electron chi connectivity index (χ0n) is 12.2. The highest BCUT2D eigenvalue weighted by Crippen LogP contribution is 2.33. The Hall–Kier alpha value is -2.24. The van der Waals surface area contributed by atoms with E-state index in [2.05, 4.69) is 10.5 Å². The number of halogens is 1. The zero-order valence-corrected chi connectivity index (χ0v) is 13.8. The number of aromatic nitrogens is 1. The van der Waals surface area contributed by atoms with Gasteiger partial charge in [-0.1, -0.05) is 40.7 Å². The van der Waals surface area contributed by atoms with Crippen molar-refractivity contribution in [3.63, 3.8) is 0 Å². The Morgan fingerprint density at radius 3 is 2.57 bits per heavy atom. The Bertz CT molecular complexity index is 831. The molecule has 116 valence electrons. The molecular formula is C17H13ClN2O2S. The molecule has 6 heteroatoms. The van der Waals surface area contributed by atoms with Gasteiger partial charge in [-0.3, -0.25) is 4.79 Å². The van der Waals surface area contributed by atoms with Crippen LogP contribution in [0.1, 0.15) is 16.2 Å². The normalized spacial score (nSPS) is 10.5. The quantitative estimate of drug-likeness (QED) is 0.720. The number of nitrogens with zero attached hydrogens (tertiary/aromatic N) is 1. The summed E-state index contributed by atoms with van der Waals surface area (Å²) >= 11 is 7.72. The maximum atomic E-state index is 12.0. The van der Waals surface area contributed by atoms with Crippen molar-refractivity contribution in [1.82, 2.24) is 5.16 Å². The summed E-state index contributed by atoms with van der Waals surface area (Å²) < 4.78 is 4.93. The lowest BCUT2D eigenvalue weighted by Crippen LogP contribution is -2.10. The van der Waals surface area contributed by atoms with Gasteiger partial charge in [0.2, 0.25) is 5.76 Å². The second kappa shape index (κ2) is 6.89. The zero-order chi connectivity index (χ0) is 16.2. The van der Waals surface area contributed by atoms with E-state index in [-0.39, 0.29) is 11.7 Å². The van der Waals surface area contributed by atoms with Crippen molar-refractivity contribution in [2.24, 2.45) is 0 Å². The van der Waals surface area contributed by atoms with Gasteiger partial charge < -0.3 is 9.84 Å². The minimum absolute atomic E-state index is 0.192. The number of hydrogen-bond acceptors (Lipinski definition) is 4. The molecule has 0 atom stereocenters. The molecular weight excluding hydrogens is 332 g/mol. The van der Waals surface area contributed by atoms with Crippen LogP contribution in [0.5, 0.6) is 0 Å². The summed E-state index contributed by atoms with van der Waals surface area (Å²) in [5, 5.41) is 7.18. The molecule has 1 heterocycles. The summed E-state index contributed by atoms with van der Waals surface area (Å²) in [4.78, 5) is 14.0. The van der Waals surface area contributed by atoms with Crippen LogP contribution >= 0.6 is 23.4 Å². The van der Waals surface area contributed by atoms with Gasteiger partial charge in [-0.15, -0.1) is 0 Å². The second-order valence-electron chi connectivity index (χ2n) is 4.84. The van der Waals surface area contributed by atoms with Gasteiger partial charge in [0.1, 0.15) is 0 Å². The van der Waals surface area contributed by atoms with Crippen molar-refractivity contribution in [3.8, 4) is 0 Å². The number of carbonyl (C=O) groups is 1. The number of amides is 1. The topological polar surface area (TPSA) is 55.1 Å². The first kappa shape index (κ1) is 15.6. The highest BCUT2D eigenvalue weighted by molar-refractivity contribution is 7.99. The van der Waals surface area contributed by atoms with E-state index in [1.807, 2.05) is 48.5 Å². The number of benzene rings is 2. The number of hydrogen-bond donors (Lipinski definition) is 1. The number of anilines is 1. The summed E-state index contributed by atoms with van der Waals surface area (Å²) in [5.41, 5.74) is 1.36. The maximum absolute atomic E-state index is 12.0. The van der Waals surface area contributed by atoms with Crippen LogP contribution in [0.4, 0.5) is 5.69 Å². The fourth-order valence-corrected chi connectivity index (χ4v) is 3.01. The molecule has 1 amide bonds. The molecule has 0 aliphatic carbocycles. The summed E-state index contributed by atoms with van der Waals surface area (Å²) in [6, 6.07) is 16.8. The third kappa shape index (κ3) is 3.94. The van der Waals surface area contributed by atoms with Crippen LogP contribution < -0.4 is 5.32 Å². The molecule has 23 heavy (non-hydrogen) atoms. The predicted molar refractivity (Wildman–Crippen MR) is 91.2 cm³/mol. The Balaban J connectivity index is 1.67. The molecule has 1 aromatic heterocycles. The van der Waals surface area contributed by atoms with Crippen molar-refractivity contribution >= 4 is 35.0 Å². The monoisotopic (exact) mass is 344 g/mol. The molecule has 4 nitrogen and oxygen atoms in total. The van der Waals surface area contributed by atoms with Gasteiger partial charge in [-0.05, 0) is 43.3 Å². The Morgan fingerprint density at radius 2 is 1.91 bits per heavy atom. The van der Waals surface area contributed by atoms with E-state index in [4.69, 9.17) is 16.1 Å². The molecule has 0 spiro atoms. The first-order chi connectivity index (χ1) is 11.1. The summed E-state index contributed by atoms with van der Waals surface area (Å²) in [7, 11) is 0. The van der Waals surface area contributed by atoms with Crippen LogP contribution in [0.2, 0.25) is 5.02 Å². The lowest BCUT2D eigenvalue weighted by molar-refractivity contribution is 0.0988. The van der Waals surface area contributed by atoms with E-state index < -0.39 is 0 Å². The van der Waals surface area contributed by atoms with Crippen LogP contribution in [0.25, 0.3) is 0 Å². The Labute approximate surface area is 142 Å². The van der Waals surface area contributed by atoms with Crippen LogP contribution in [0.3, 0.4) is 0 Å². The van der Waals surface area contributed by atoms with Gasteiger partial charge in [0.15, 0.2) is 0 Å². The second-order valence-corrected chi connectivity index (χ2v) is 6.37. The van der Waals surface area contributed by atoms with E-state index >= 15 is 0 Å². The SMILES string of the molecule is Cc1cc(C(=O)Nc2ccc(Sc3ccccc3Cl)cc2)on1. The van der Waals surface area contributed by atoms with Crippen molar-refractivity contribution < 1.29 is 9.32 Å². The number of rotatable bonds is 4. The largest absolute Gasteiger partial charge is 0.351 e. The Kier molecular flexibility index (Phi) is 4.69. The maximum Gasteiger partial charge on any atom is 0.294 e. The Morgan fingerprint density at radius 1 is 1.17 bits per heavy atom. The fraction of sp³-hybridized carbons (Fsp3) is 0.0588. The molecule has 0 bridgehead atoms. The van der Waals surface area contributed by atoms with Crippen molar-refractivity contribution in [2.45, 2.75) is 16.7 Å². The van der Waals surface area contributed by atoms with Gasteiger partial charge >= 0.3 is 0 Å². The van der Waals surface area contributed by atoms with Gasteiger partial charge in [-0.25, -0.2) is 0 Å². The third-order valence-electron chi connectivity index (χ3n) is 3.03. The molecule has 2 aromatic carbocycles. The lowest BCUT2D eigenvalue weighted by atomic mass is 10.3. The standard InChI is InChI=1S/C17H13ClN2O2S/c1-11-10-15(22-20-11)17(21)19-12-6-8-13(9-7-12)23-16-5-3-2-4-14(16)18/h2-10H,1H3,(H,19,21).